The first-order valence-corrected chi connectivity index (χ1v) is 9.62. The van der Waals surface area contributed by atoms with Gasteiger partial charge >= 0.3 is 6.61 Å². The summed E-state index contributed by atoms with van der Waals surface area (Å²) in [5.74, 6) is 0.0606. The van der Waals surface area contributed by atoms with Gasteiger partial charge in [0.1, 0.15) is 5.82 Å². The number of nitrogens with one attached hydrogen (secondary N) is 1. The van der Waals surface area contributed by atoms with Crippen LogP contribution in [0.5, 0.6) is 11.5 Å². The summed E-state index contributed by atoms with van der Waals surface area (Å²) in [5.41, 5.74) is 1.30. The molecule has 156 valence electrons. The van der Waals surface area contributed by atoms with Gasteiger partial charge in [-0.05, 0) is 29.8 Å². The zero-order valence-electron chi connectivity index (χ0n) is 15.9. The summed E-state index contributed by atoms with van der Waals surface area (Å²) >= 11 is 3.39. The summed E-state index contributed by atoms with van der Waals surface area (Å²) in [5, 5.41) is 6.95. The van der Waals surface area contributed by atoms with E-state index >= 15 is 0 Å². The van der Waals surface area contributed by atoms with Crippen LogP contribution in [0.4, 0.5) is 14.6 Å². The molecule has 0 spiro atoms. The second kappa shape index (κ2) is 10.0. The highest BCUT2D eigenvalue weighted by Gasteiger charge is 2.14. The Balaban J connectivity index is 1.72. The van der Waals surface area contributed by atoms with Crippen LogP contribution in [-0.2, 0) is 11.3 Å². The summed E-state index contributed by atoms with van der Waals surface area (Å²) in [6.45, 7) is -2.54. The number of carbonyl (C=O) groups is 1. The molecule has 0 bridgehead atoms. The lowest BCUT2D eigenvalue weighted by atomic mass is 10.1. The second-order valence-electron chi connectivity index (χ2n) is 6.08. The number of alkyl halides is 2. The van der Waals surface area contributed by atoms with E-state index < -0.39 is 12.5 Å². The fourth-order valence-electron chi connectivity index (χ4n) is 2.70. The van der Waals surface area contributed by atoms with Crippen molar-refractivity contribution in [2.75, 3.05) is 12.4 Å². The number of halogens is 3. The predicted molar refractivity (Wildman–Crippen MR) is 113 cm³/mol. The van der Waals surface area contributed by atoms with Crippen LogP contribution in [-0.4, -0.2) is 29.4 Å². The monoisotopic (exact) mass is 477 g/mol. The fourth-order valence-corrected chi connectivity index (χ4v) is 2.97. The van der Waals surface area contributed by atoms with Gasteiger partial charge in [0, 0.05) is 22.2 Å². The minimum Gasteiger partial charge on any atom is -0.493 e. The lowest BCUT2D eigenvalue weighted by molar-refractivity contribution is -0.111. The van der Waals surface area contributed by atoms with Crippen molar-refractivity contribution < 1.29 is 23.0 Å². The zero-order chi connectivity index (χ0) is 21.5. The van der Waals surface area contributed by atoms with Crippen LogP contribution >= 0.6 is 15.9 Å². The van der Waals surface area contributed by atoms with Crippen molar-refractivity contribution in [2.45, 2.75) is 13.2 Å². The SMILES string of the molecule is COc1cccc(/C=C/C(=O)Nc2ccnn2Cc2ccc(Br)cc2)c1OC(F)F. The number of aromatic nitrogens is 2. The number of hydrogen-bond acceptors (Lipinski definition) is 4. The van der Waals surface area contributed by atoms with E-state index in [1.165, 1.54) is 25.3 Å². The molecule has 0 atom stereocenters. The first-order valence-electron chi connectivity index (χ1n) is 8.83. The number of hydrogen-bond donors (Lipinski definition) is 1. The lowest BCUT2D eigenvalue weighted by Crippen LogP contribution is -2.13. The Kier molecular flexibility index (Phi) is 7.18. The molecule has 3 rings (SSSR count). The van der Waals surface area contributed by atoms with E-state index in [1.807, 2.05) is 24.3 Å². The normalized spacial score (nSPS) is 11.1. The van der Waals surface area contributed by atoms with Crippen LogP contribution in [0, 0.1) is 0 Å². The van der Waals surface area contributed by atoms with Crippen molar-refractivity contribution in [3.05, 3.63) is 76.4 Å². The highest BCUT2D eigenvalue weighted by molar-refractivity contribution is 9.10. The molecule has 0 unspecified atom stereocenters. The Bertz CT molecular complexity index is 1040. The van der Waals surface area contributed by atoms with Gasteiger partial charge in [0.2, 0.25) is 5.91 Å². The van der Waals surface area contributed by atoms with Crippen molar-refractivity contribution in [1.29, 1.82) is 0 Å². The van der Waals surface area contributed by atoms with E-state index in [-0.39, 0.29) is 17.1 Å². The third-order valence-corrected chi connectivity index (χ3v) is 4.59. The van der Waals surface area contributed by atoms with Gasteiger partial charge in [-0.25, -0.2) is 4.68 Å². The molecule has 0 aliphatic rings. The molecular weight excluding hydrogens is 460 g/mol. The maximum absolute atomic E-state index is 12.7. The van der Waals surface area contributed by atoms with Crippen LogP contribution < -0.4 is 14.8 Å². The molecule has 0 saturated carbocycles. The largest absolute Gasteiger partial charge is 0.493 e. The molecule has 0 saturated heterocycles. The average Bonchev–Trinajstić information content (AvgIpc) is 3.15. The standard InChI is InChI=1S/C21H18BrF2N3O3/c1-29-17-4-2-3-15(20(17)30-21(23)24)7-10-19(28)26-18-11-12-25-27(18)13-14-5-8-16(22)9-6-14/h2-12,21H,13H2,1H3,(H,26,28)/b10-7+. The number of carbonyl (C=O) groups excluding carboxylic acids is 1. The van der Waals surface area contributed by atoms with Gasteiger partial charge in [-0.3, -0.25) is 4.79 Å². The van der Waals surface area contributed by atoms with E-state index in [0.717, 1.165) is 10.0 Å². The summed E-state index contributed by atoms with van der Waals surface area (Å²) < 4.78 is 37.6. The molecule has 1 heterocycles. The zero-order valence-corrected chi connectivity index (χ0v) is 17.5. The van der Waals surface area contributed by atoms with Crippen LogP contribution in [0.1, 0.15) is 11.1 Å². The lowest BCUT2D eigenvalue weighted by Gasteiger charge is -2.12. The number of rotatable bonds is 8. The summed E-state index contributed by atoms with van der Waals surface area (Å²) in [6, 6.07) is 14.1. The van der Waals surface area contributed by atoms with E-state index in [4.69, 9.17) is 4.74 Å². The minimum absolute atomic E-state index is 0.140. The van der Waals surface area contributed by atoms with Crippen LogP contribution in [0.3, 0.4) is 0 Å². The molecule has 0 fully saturated rings. The maximum atomic E-state index is 12.7. The number of para-hydroxylation sites is 1. The first-order chi connectivity index (χ1) is 14.5. The quantitative estimate of drug-likeness (QED) is 0.465. The summed E-state index contributed by atoms with van der Waals surface area (Å²) in [7, 11) is 1.35. The van der Waals surface area contributed by atoms with Gasteiger partial charge in [0.05, 0.1) is 19.9 Å². The predicted octanol–water partition coefficient (Wildman–Crippen LogP) is 4.96. The molecule has 0 aliphatic heterocycles. The van der Waals surface area contributed by atoms with Gasteiger partial charge < -0.3 is 14.8 Å². The molecule has 6 nitrogen and oxygen atoms in total. The third-order valence-electron chi connectivity index (χ3n) is 4.06. The van der Waals surface area contributed by atoms with Crippen molar-refractivity contribution in [2.24, 2.45) is 0 Å². The third kappa shape index (κ3) is 5.66. The molecule has 1 N–H and O–H groups in total. The van der Waals surface area contributed by atoms with Crippen LogP contribution in [0.25, 0.3) is 6.08 Å². The van der Waals surface area contributed by atoms with Crippen LogP contribution in [0.15, 0.2) is 65.3 Å². The number of amides is 1. The summed E-state index contributed by atoms with van der Waals surface area (Å²) in [4.78, 5) is 12.4. The van der Waals surface area contributed by atoms with E-state index in [1.54, 1.807) is 29.1 Å². The van der Waals surface area contributed by atoms with Gasteiger partial charge in [-0.15, -0.1) is 0 Å². The Morgan fingerprint density at radius 1 is 1.23 bits per heavy atom. The number of ether oxygens (including phenoxy) is 2. The summed E-state index contributed by atoms with van der Waals surface area (Å²) in [6.07, 6.45) is 4.18. The number of methoxy groups -OCH3 is 1. The highest BCUT2D eigenvalue weighted by Crippen LogP contribution is 2.33. The Morgan fingerprint density at radius 3 is 2.70 bits per heavy atom. The molecular formula is C21H18BrF2N3O3. The molecule has 1 aromatic heterocycles. The van der Waals surface area contributed by atoms with E-state index in [0.29, 0.717) is 12.4 Å². The van der Waals surface area contributed by atoms with Crippen molar-refractivity contribution >= 4 is 33.7 Å². The number of anilines is 1. The van der Waals surface area contributed by atoms with Gasteiger partial charge in [-0.2, -0.15) is 13.9 Å². The molecule has 1 amide bonds. The minimum atomic E-state index is -3.02. The molecule has 9 heteroatoms. The topological polar surface area (TPSA) is 65.4 Å². The maximum Gasteiger partial charge on any atom is 0.387 e. The Morgan fingerprint density at radius 2 is 2.00 bits per heavy atom. The van der Waals surface area contributed by atoms with Gasteiger partial charge in [0.25, 0.3) is 0 Å². The van der Waals surface area contributed by atoms with E-state index in [9.17, 15) is 13.6 Å². The fraction of sp³-hybridized carbons (Fsp3) is 0.143. The van der Waals surface area contributed by atoms with E-state index in [2.05, 4.69) is 31.1 Å². The number of nitrogens with zero attached hydrogens (tertiary/aromatic N) is 2. The first kappa shape index (κ1) is 21.5. The highest BCUT2D eigenvalue weighted by atomic mass is 79.9. The molecule has 2 aromatic carbocycles. The second-order valence-corrected chi connectivity index (χ2v) is 7.00. The smallest absolute Gasteiger partial charge is 0.387 e. The Labute approximate surface area is 180 Å². The van der Waals surface area contributed by atoms with Crippen LogP contribution in [0.2, 0.25) is 0 Å². The number of benzene rings is 2. The van der Waals surface area contributed by atoms with Crippen molar-refractivity contribution in [3.63, 3.8) is 0 Å². The Hall–Kier alpha value is -3.20. The van der Waals surface area contributed by atoms with Gasteiger partial charge in [-0.1, -0.05) is 40.2 Å². The molecule has 3 aromatic rings. The van der Waals surface area contributed by atoms with Crippen molar-refractivity contribution in [3.8, 4) is 11.5 Å². The molecule has 0 aliphatic carbocycles. The molecule has 0 radical (unpaired) electrons. The average molecular weight is 478 g/mol. The molecule has 30 heavy (non-hydrogen) atoms. The van der Waals surface area contributed by atoms with Gasteiger partial charge in [0.15, 0.2) is 11.5 Å². The van der Waals surface area contributed by atoms with Crippen molar-refractivity contribution in [1.82, 2.24) is 9.78 Å².